The number of amides is 2. The van der Waals surface area contributed by atoms with Gasteiger partial charge in [0.2, 0.25) is 0 Å². The second kappa shape index (κ2) is 9.89. The lowest BCUT2D eigenvalue weighted by molar-refractivity contribution is -0.123. The molecule has 1 aliphatic heterocycles. The number of carbonyl (C=O) groups excluding carboxylic acids is 3. The number of hydrogen-bond acceptors (Lipinski definition) is 5. The van der Waals surface area contributed by atoms with Gasteiger partial charge in [0.05, 0.1) is 22.0 Å². The average molecular weight is 576 g/mol. The van der Waals surface area contributed by atoms with Crippen molar-refractivity contribution in [1.29, 1.82) is 0 Å². The molecular weight excluding hydrogens is 561 g/mol. The molecule has 3 aromatic rings. The lowest BCUT2D eigenvalue weighted by atomic mass is 10.2. The second-order valence-electron chi connectivity index (χ2n) is 6.84. The van der Waals surface area contributed by atoms with E-state index in [1.54, 1.807) is 54.6 Å². The zero-order valence-corrected chi connectivity index (χ0v) is 20.2. The number of thioether (sulfide) groups is 1. The molecule has 0 atom stereocenters. The van der Waals surface area contributed by atoms with Crippen LogP contribution >= 0.6 is 46.0 Å². The number of esters is 1. The first-order valence-corrected chi connectivity index (χ1v) is 11.7. The van der Waals surface area contributed by atoms with Crippen molar-refractivity contribution in [3.8, 4) is 5.75 Å². The standard InChI is InChI=1S/C24H15ClINO4S/c25-20-7-2-1-6-19(20)23(29)31-18-5-3-4-16(12-18)13-21-22(28)27(24(30)32-21)14-15-8-10-17(26)11-9-15/h1-13H,14H2/b21-13-. The van der Waals surface area contributed by atoms with Crippen molar-refractivity contribution in [2.75, 3.05) is 0 Å². The normalized spacial score (nSPS) is 14.8. The van der Waals surface area contributed by atoms with Crippen molar-refractivity contribution < 1.29 is 19.1 Å². The molecule has 3 aromatic carbocycles. The van der Waals surface area contributed by atoms with Crippen LogP contribution in [0.15, 0.2) is 77.7 Å². The van der Waals surface area contributed by atoms with Gasteiger partial charge in [-0.3, -0.25) is 14.5 Å². The fraction of sp³-hybridized carbons (Fsp3) is 0.0417. The number of halogens is 2. The van der Waals surface area contributed by atoms with Gasteiger partial charge in [-0.25, -0.2) is 4.79 Å². The molecule has 1 saturated heterocycles. The number of hydrogen-bond donors (Lipinski definition) is 0. The molecule has 1 aliphatic rings. The second-order valence-corrected chi connectivity index (χ2v) is 9.48. The summed E-state index contributed by atoms with van der Waals surface area (Å²) in [6, 6.07) is 21.0. The van der Waals surface area contributed by atoms with Gasteiger partial charge in [-0.1, -0.05) is 48.0 Å². The van der Waals surface area contributed by atoms with Crippen LogP contribution in [0, 0.1) is 3.57 Å². The summed E-state index contributed by atoms with van der Waals surface area (Å²) in [5.74, 6) is -0.621. The summed E-state index contributed by atoms with van der Waals surface area (Å²) in [5, 5.41) is -0.0171. The van der Waals surface area contributed by atoms with E-state index in [4.69, 9.17) is 16.3 Å². The van der Waals surface area contributed by atoms with Crippen LogP contribution in [-0.2, 0) is 11.3 Å². The largest absolute Gasteiger partial charge is 0.423 e. The molecule has 0 unspecified atom stereocenters. The first-order chi connectivity index (χ1) is 15.4. The van der Waals surface area contributed by atoms with Crippen LogP contribution < -0.4 is 4.74 Å². The van der Waals surface area contributed by atoms with Crippen LogP contribution in [0.25, 0.3) is 6.08 Å². The molecule has 8 heteroatoms. The van der Waals surface area contributed by atoms with Crippen LogP contribution in [0.2, 0.25) is 5.02 Å². The molecule has 0 aliphatic carbocycles. The lowest BCUT2D eigenvalue weighted by Crippen LogP contribution is -2.27. The average Bonchev–Trinajstić information content (AvgIpc) is 3.03. The maximum atomic E-state index is 12.8. The molecule has 0 aromatic heterocycles. The highest BCUT2D eigenvalue weighted by Crippen LogP contribution is 2.34. The highest BCUT2D eigenvalue weighted by molar-refractivity contribution is 14.1. The Morgan fingerprint density at radius 1 is 1.03 bits per heavy atom. The Bertz CT molecular complexity index is 1240. The maximum Gasteiger partial charge on any atom is 0.345 e. The van der Waals surface area contributed by atoms with E-state index in [-0.39, 0.29) is 23.3 Å². The van der Waals surface area contributed by atoms with Crippen molar-refractivity contribution in [1.82, 2.24) is 4.90 Å². The first-order valence-electron chi connectivity index (χ1n) is 9.47. The summed E-state index contributed by atoms with van der Waals surface area (Å²) < 4.78 is 6.50. The Balaban J connectivity index is 1.49. The predicted molar refractivity (Wildman–Crippen MR) is 134 cm³/mol. The predicted octanol–water partition coefficient (Wildman–Crippen LogP) is 6.40. The van der Waals surface area contributed by atoms with Gasteiger partial charge in [-0.2, -0.15) is 0 Å². The molecule has 1 fully saturated rings. The van der Waals surface area contributed by atoms with Crippen molar-refractivity contribution in [3.63, 3.8) is 0 Å². The van der Waals surface area contributed by atoms with E-state index in [1.165, 1.54) is 4.90 Å². The Morgan fingerprint density at radius 3 is 2.53 bits per heavy atom. The number of benzene rings is 3. The fourth-order valence-electron chi connectivity index (χ4n) is 3.02. The van der Waals surface area contributed by atoms with E-state index in [9.17, 15) is 14.4 Å². The van der Waals surface area contributed by atoms with Crippen LogP contribution in [0.5, 0.6) is 5.75 Å². The zero-order chi connectivity index (χ0) is 22.7. The van der Waals surface area contributed by atoms with Crippen LogP contribution in [0.3, 0.4) is 0 Å². The van der Waals surface area contributed by atoms with E-state index in [0.717, 1.165) is 20.9 Å². The minimum absolute atomic E-state index is 0.217. The fourth-order valence-corrected chi connectivity index (χ4v) is 4.43. The maximum absolute atomic E-state index is 12.8. The van der Waals surface area contributed by atoms with E-state index in [2.05, 4.69) is 22.6 Å². The van der Waals surface area contributed by atoms with Gasteiger partial charge in [-0.05, 0) is 88.0 Å². The lowest BCUT2D eigenvalue weighted by Gasteiger charge is -2.12. The summed E-state index contributed by atoms with van der Waals surface area (Å²) >= 11 is 9.14. The van der Waals surface area contributed by atoms with Crippen LogP contribution in [0.1, 0.15) is 21.5 Å². The van der Waals surface area contributed by atoms with Gasteiger partial charge in [0.1, 0.15) is 5.75 Å². The highest BCUT2D eigenvalue weighted by atomic mass is 127. The van der Waals surface area contributed by atoms with Crippen LogP contribution in [-0.4, -0.2) is 22.0 Å². The molecule has 2 amide bonds. The third kappa shape index (κ3) is 5.23. The molecule has 32 heavy (non-hydrogen) atoms. The van der Waals surface area contributed by atoms with Gasteiger partial charge in [0.15, 0.2) is 0 Å². The topological polar surface area (TPSA) is 63.7 Å². The number of ether oxygens (including phenoxy) is 1. The summed E-state index contributed by atoms with van der Waals surface area (Å²) in [6.07, 6.45) is 1.62. The summed E-state index contributed by atoms with van der Waals surface area (Å²) in [4.78, 5) is 39.1. The van der Waals surface area contributed by atoms with Crippen molar-refractivity contribution in [3.05, 3.63) is 103 Å². The molecule has 0 saturated carbocycles. The number of imide groups is 1. The van der Waals surface area contributed by atoms with Crippen molar-refractivity contribution >= 4 is 69.1 Å². The van der Waals surface area contributed by atoms with Gasteiger partial charge >= 0.3 is 5.97 Å². The zero-order valence-electron chi connectivity index (χ0n) is 16.5. The molecule has 0 N–H and O–H groups in total. The first kappa shape index (κ1) is 22.6. The van der Waals surface area contributed by atoms with E-state index in [0.29, 0.717) is 21.2 Å². The van der Waals surface area contributed by atoms with Gasteiger partial charge in [0.25, 0.3) is 11.1 Å². The molecule has 1 heterocycles. The molecular formula is C24H15ClINO4S. The summed E-state index contributed by atoms with van der Waals surface area (Å²) in [7, 11) is 0. The number of rotatable bonds is 5. The van der Waals surface area contributed by atoms with E-state index < -0.39 is 5.97 Å². The minimum atomic E-state index is -0.578. The summed E-state index contributed by atoms with van der Waals surface area (Å²) in [5.41, 5.74) is 1.77. The van der Waals surface area contributed by atoms with E-state index in [1.807, 2.05) is 24.3 Å². The monoisotopic (exact) mass is 575 g/mol. The molecule has 4 rings (SSSR count). The highest BCUT2D eigenvalue weighted by Gasteiger charge is 2.35. The quantitative estimate of drug-likeness (QED) is 0.152. The minimum Gasteiger partial charge on any atom is -0.423 e. The smallest absolute Gasteiger partial charge is 0.345 e. The third-order valence-corrected chi connectivity index (χ3v) is 6.54. The van der Waals surface area contributed by atoms with Crippen molar-refractivity contribution in [2.24, 2.45) is 0 Å². The molecule has 0 spiro atoms. The van der Waals surface area contributed by atoms with Gasteiger partial charge < -0.3 is 4.74 Å². The van der Waals surface area contributed by atoms with Gasteiger partial charge in [0, 0.05) is 3.57 Å². The number of carbonyl (C=O) groups is 3. The Kier molecular flexibility index (Phi) is 6.98. The molecule has 160 valence electrons. The number of nitrogens with zero attached hydrogens (tertiary/aromatic N) is 1. The van der Waals surface area contributed by atoms with Gasteiger partial charge in [-0.15, -0.1) is 0 Å². The SMILES string of the molecule is O=C(Oc1cccc(/C=C2\SC(=O)N(Cc3ccc(I)cc3)C2=O)c1)c1ccccc1Cl. The molecule has 5 nitrogen and oxygen atoms in total. The molecule has 0 bridgehead atoms. The Hall–Kier alpha value is -2.62. The van der Waals surface area contributed by atoms with E-state index >= 15 is 0 Å². The molecule has 0 radical (unpaired) electrons. The third-order valence-electron chi connectivity index (χ3n) is 4.59. The van der Waals surface area contributed by atoms with Crippen molar-refractivity contribution in [2.45, 2.75) is 6.54 Å². The Labute approximate surface area is 207 Å². The van der Waals surface area contributed by atoms with Crippen LogP contribution in [0.4, 0.5) is 4.79 Å². The summed E-state index contributed by atoms with van der Waals surface area (Å²) in [6.45, 7) is 0.217. The Morgan fingerprint density at radius 2 is 1.78 bits per heavy atom.